The summed E-state index contributed by atoms with van der Waals surface area (Å²) in [4.78, 5) is 0. The first-order valence-corrected chi connectivity index (χ1v) is 4.86. The van der Waals surface area contributed by atoms with Crippen LogP contribution in [0.1, 0.15) is 30.5 Å². The lowest BCUT2D eigenvalue weighted by Crippen LogP contribution is -2.02. The Morgan fingerprint density at radius 1 is 1.23 bits per heavy atom. The Morgan fingerprint density at radius 3 is 2.38 bits per heavy atom. The molecule has 0 bridgehead atoms. The summed E-state index contributed by atoms with van der Waals surface area (Å²) in [6.45, 7) is 8.64. The van der Waals surface area contributed by atoms with E-state index in [2.05, 4.69) is 39.8 Å². The van der Waals surface area contributed by atoms with E-state index < -0.39 is 0 Å². The van der Waals surface area contributed by atoms with Gasteiger partial charge < -0.3 is 5.73 Å². The molecule has 0 fully saturated rings. The number of rotatable bonds is 2. The van der Waals surface area contributed by atoms with Crippen LogP contribution in [-0.4, -0.2) is 0 Å². The highest BCUT2D eigenvalue weighted by Crippen LogP contribution is 2.21. The largest absolute Gasteiger partial charge is 0.398 e. The van der Waals surface area contributed by atoms with Crippen LogP contribution >= 0.6 is 0 Å². The first kappa shape index (κ1) is 10.1. The smallest absolute Gasteiger partial charge is 0.0376 e. The fraction of sp³-hybridized carbons (Fsp3) is 0.500. The van der Waals surface area contributed by atoms with Gasteiger partial charge in [-0.05, 0) is 37.3 Å². The molecule has 2 N–H and O–H groups in total. The molecular formula is C12H19N. The van der Waals surface area contributed by atoms with Crippen LogP contribution in [0.15, 0.2) is 12.1 Å². The van der Waals surface area contributed by atoms with Crippen molar-refractivity contribution in [3.63, 3.8) is 0 Å². The van der Waals surface area contributed by atoms with Crippen LogP contribution in [-0.2, 0) is 6.42 Å². The van der Waals surface area contributed by atoms with Crippen molar-refractivity contribution >= 4 is 5.69 Å². The molecule has 0 unspecified atom stereocenters. The van der Waals surface area contributed by atoms with Gasteiger partial charge in [-0.3, -0.25) is 0 Å². The summed E-state index contributed by atoms with van der Waals surface area (Å²) >= 11 is 0. The van der Waals surface area contributed by atoms with Crippen LogP contribution in [0, 0.1) is 19.8 Å². The van der Waals surface area contributed by atoms with Gasteiger partial charge in [-0.15, -0.1) is 0 Å². The third-order valence-corrected chi connectivity index (χ3v) is 2.25. The summed E-state index contributed by atoms with van der Waals surface area (Å²) in [7, 11) is 0. The minimum absolute atomic E-state index is 0.670. The van der Waals surface area contributed by atoms with Crippen LogP contribution in [0.5, 0.6) is 0 Å². The summed E-state index contributed by atoms with van der Waals surface area (Å²) in [6, 6.07) is 4.33. The van der Waals surface area contributed by atoms with Crippen molar-refractivity contribution in [3.05, 3.63) is 28.8 Å². The van der Waals surface area contributed by atoms with Crippen molar-refractivity contribution < 1.29 is 0 Å². The number of aryl methyl sites for hydroxylation is 2. The molecule has 0 saturated carbocycles. The normalized spacial score (nSPS) is 10.8. The monoisotopic (exact) mass is 177 g/mol. The standard InChI is InChI=1S/C12H19N/c1-8(2)5-11-7-9(3)6-10(4)12(11)13/h6-8H,5,13H2,1-4H3. The summed E-state index contributed by atoms with van der Waals surface area (Å²) < 4.78 is 0. The third kappa shape index (κ3) is 2.48. The average Bonchev–Trinajstić information content (AvgIpc) is 1.98. The van der Waals surface area contributed by atoms with E-state index in [0.29, 0.717) is 5.92 Å². The van der Waals surface area contributed by atoms with E-state index in [1.807, 2.05) is 0 Å². The molecule has 0 aliphatic heterocycles. The number of nitrogen functional groups attached to an aromatic ring is 1. The molecule has 0 radical (unpaired) electrons. The minimum atomic E-state index is 0.670. The highest BCUT2D eigenvalue weighted by Gasteiger charge is 2.05. The van der Waals surface area contributed by atoms with Gasteiger partial charge in [0.05, 0.1) is 0 Å². The van der Waals surface area contributed by atoms with E-state index in [0.717, 1.165) is 12.1 Å². The van der Waals surface area contributed by atoms with Crippen molar-refractivity contribution in [2.45, 2.75) is 34.1 Å². The van der Waals surface area contributed by atoms with Gasteiger partial charge in [0.15, 0.2) is 0 Å². The van der Waals surface area contributed by atoms with Crippen molar-refractivity contribution in [2.24, 2.45) is 5.92 Å². The Morgan fingerprint density at radius 2 is 1.85 bits per heavy atom. The molecular weight excluding hydrogens is 158 g/mol. The molecule has 1 aromatic carbocycles. The Bertz CT molecular complexity index is 300. The maximum atomic E-state index is 6.00. The van der Waals surface area contributed by atoms with E-state index in [1.165, 1.54) is 16.7 Å². The third-order valence-electron chi connectivity index (χ3n) is 2.25. The summed E-state index contributed by atoms with van der Waals surface area (Å²) in [5.74, 6) is 0.670. The molecule has 1 nitrogen and oxygen atoms in total. The van der Waals surface area contributed by atoms with Gasteiger partial charge in [0.1, 0.15) is 0 Å². The summed E-state index contributed by atoms with van der Waals surface area (Å²) in [5.41, 5.74) is 10.8. The summed E-state index contributed by atoms with van der Waals surface area (Å²) in [5, 5.41) is 0. The molecule has 1 aromatic rings. The van der Waals surface area contributed by atoms with E-state index in [4.69, 9.17) is 5.73 Å². The molecule has 0 atom stereocenters. The van der Waals surface area contributed by atoms with Gasteiger partial charge in [-0.2, -0.15) is 0 Å². The van der Waals surface area contributed by atoms with Crippen LogP contribution in [0.2, 0.25) is 0 Å². The molecule has 0 heterocycles. The molecule has 13 heavy (non-hydrogen) atoms. The Kier molecular flexibility index (Phi) is 2.97. The van der Waals surface area contributed by atoms with E-state index in [9.17, 15) is 0 Å². The van der Waals surface area contributed by atoms with Gasteiger partial charge in [0.25, 0.3) is 0 Å². The number of benzene rings is 1. The molecule has 72 valence electrons. The van der Waals surface area contributed by atoms with Crippen molar-refractivity contribution in [2.75, 3.05) is 5.73 Å². The van der Waals surface area contributed by atoms with Crippen molar-refractivity contribution in [1.29, 1.82) is 0 Å². The van der Waals surface area contributed by atoms with Crippen molar-refractivity contribution in [3.8, 4) is 0 Å². The van der Waals surface area contributed by atoms with E-state index >= 15 is 0 Å². The molecule has 0 amide bonds. The first-order chi connectivity index (χ1) is 6.00. The molecule has 0 spiro atoms. The van der Waals surface area contributed by atoms with Crippen LogP contribution < -0.4 is 5.73 Å². The quantitative estimate of drug-likeness (QED) is 0.690. The predicted octanol–water partition coefficient (Wildman–Crippen LogP) is 3.08. The SMILES string of the molecule is Cc1cc(C)c(N)c(CC(C)C)c1. The van der Waals surface area contributed by atoms with Crippen molar-refractivity contribution in [1.82, 2.24) is 0 Å². The molecule has 0 saturated heterocycles. The van der Waals surface area contributed by atoms with Gasteiger partial charge in [0.2, 0.25) is 0 Å². The van der Waals surface area contributed by atoms with Gasteiger partial charge in [-0.1, -0.05) is 31.5 Å². The van der Waals surface area contributed by atoms with Gasteiger partial charge in [0, 0.05) is 5.69 Å². The number of nitrogens with two attached hydrogens (primary N) is 1. The lowest BCUT2D eigenvalue weighted by Gasteiger charge is -2.11. The maximum Gasteiger partial charge on any atom is 0.0376 e. The Hall–Kier alpha value is -0.980. The second-order valence-corrected chi connectivity index (χ2v) is 4.25. The first-order valence-electron chi connectivity index (χ1n) is 4.86. The van der Waals surface area contributed by atoms with Crippen LogP contribution in [0.4, 0.5) is 5.69 Å². The zero-order chi connectivity index (χ0) is 10.0. The Labute approximate surface area is 81.0 Å². The average molecular weight is 177 g/mol. The lowest BCUT2D eigenvalue weighted by molar-refractivity contribution is 0.648. The number of hydrogen-bond donors (Lipinski definition) is 1. The topological polar surface area (TPSA) is 26.0 Å². The minimum Gasteiger partial charge on any atom is -0.398 e. The number of anilines is 1. The highest BCUT2D eigenvalue weighted by atomic mass is 14.6. The van der Waals surface area contributed by atoms with Crippen LogP contribution in [0.3, 0.4) is 0 Å². The van der Waals surface area contributed by atoms with E-state index in [-0.39, 0.29) is 0 Å². The Balaban J connectivity index is 3.05. The van der Waals surface area contributed by atoms with Gasteiger partial charge in [-0.25, -0.2) is 0 Å². The molecule has 0 aromatic heterocycles. The predicted molar refractivity (Wildman–Crippen MR) is 58.9 cm³/mol. The molecule has 0 aliphatic carbocycles. The highest BCUT2D eigenvalue weighted by molar-refractivity contribution is 5.55. The zero-order valence-electron chi connectivity index (χ0n) is 9.02. The van der Waals surface area contributed by atoms with E-state index in [1.54, 1.807) is 0 Å². The second-order valence-electron chi connectivity index (χ2n) is 4.25. The second kappa shape index (κ2) is 3.82. The fourth-order valence-corrected chi connectivity index (χ4v) is 1.68. The lowest BCUT2D eigenvalue weighted by atomic mass is 9.97. The number of hydrogen-bond acceptors (Lipinski definition) is 1. The summed E-state index contributed by atoms with van der Waals surface area (Å²) in [6.07, 6.45) is 1.08. The zero-order valence-corrected chi connectivity index (χ0v) is 9.02. The maximum absolute atomic E-state index is 6.00. The molecule has 1 rings (SSSR count). The molecule has 0 aliphatic rings. The molecule has 1 heteroatoms. The fourth-order valence-electron chi connectivity index (χ4n) is 1.68. The van der Waals surface area contributed by atoms with Crippen LogP contribution in [0.25, 0.3) is 0 Å². The van der Waals surface area contributed by atoms with Gasteiger partial charge >= 0.3 is 0 Å².